The SMILES string of the molecule is CCCCC[C@H](O)/C=C/[C@@H]1[C@H]2c3cccc(CCCC(=O)O)c3O[C@H]2C[C@H]1O. The lowest BCUT2D eigenvalue weighted by Crippen LogP contribution is -2.17. The number of fused-ring (bicyclic) bond motifs is 3. The molecule has 1 aliphatic carbocycles. The summed E-state index contributed by atoms with van der Waals surface area (Å²) in [5, 5.41) is 29.6. The highest BCUT2D eigenvalue weighted by molar-refractivity contribution is 5.66. The summed E-state index contributed by atoms with van der Waals surface area (Å²) in [7, 11) is 0. The number of hydrogen-bond donors (Lipinski definition) is 3. The Hall–Kier alpha value is -1.85. The number of carbonyl (C=O) groups is 1. The zero-order chi connectivity index (χ0) is 20.1. The molecule has 0 radical (unpaired) electrons. The lowest BCUT2D eigenvalue weighted by Gasteiger charge is -2.18. The average Bonchev–Trinajstić information content (AvgIpc) is 3.15. The van der Waals surface area contributed by atoms with Crippen LogP contribution in [0, 0.1) is 5.92 Å². The third-order valence-electron chi connectivity index (χ3n) is 5.98. The van der Waals surface area contributed by atoms with Gasteiger partial charge in [-0.3, -0.25) is 4.79 Å². The first-order valence-corrected chi connectivity index (χ1v) is 10.6. The van der Waals surface area contributed by atoms with E-state index in [9.17, 15) is 15.0 Å². The Morgan fingerprint density at radius 3 is 2.89 bits per heavy atom. The van der Waals surface area contributed by atoms with Crippen molar-refractivity contribution in [2.75, 3.05) is 0 Å². The van der Waals surface area contributed by atoms with Crippen LogP contribution in [0.3, 0.4) is 0 Å². The first-order valence-electron chi connectivity index (χ1n) is 10.6. The molecule has 1 aromatic carbocycles. The van der Waals surface area contributed by atoms with E-state index in [1.807, 2.05) is 24.3 Å². The summed E-state index contributed by atoms with van der Waals surface area (Å²) < 4.78 is 6.20. The van der Waals surface area contributed by atoms with Gasteiger partial charge in [0.2, 0.25) is 0 Å². The maximum Gasteiger partial charge on any atom is 0.303 e. The van der Waals surface area contributed by atoms with Crippen molar-refractivity contribution in [2.45, 2.75) is 82.5 Å². The molecule has 5 nitrogen and oxygen atoms in total. The fraction of sp³-hybridized carbons (Fsp3) is 0.609. The van der Waals surface area contributed by atoms with Crippen molar-refractivity contribution < 1.29 is 24.9 Å². The Morgan fingerprint density at radius 2 is 2.14 bits per heavy atom. The highest BCUT2D eigenvalue weighted by Crippen LogP contribution is 2.52. The standard InChI is InChI=1S/C23H32O5/c1-2-3-4-9-16(24)12-13-17-19(25)14-20-22(17)18-10-5-7-15(23(18)28-20)8-6-11-21(26)27/h5,7,10,12-13,16-17,19-20,22,24-25H,2-4,6,8-9,11,14H2,1H3,(H,26,27)/b13-12+/t16-,17-,19+,20-,22-/m0/s1. The molecule has 1 heterocycles. The number of rotatable bonds is 10. The van der Waals surface area contributed by atoms with E-state index in [4.69, 9.17) is 9.84 Å². The quantitative estimate of drug-likeness (QED) is 0.419. The van der Waals surface area contributed by atoms with Crippen molar-refractivity contribution in [3.63, 3.8) is 0 Å². The van der Waals surface area contributed by atoms with E-state index in [2.05, 4.69) is 13.0 Å². The van der Waals surface area contributed by atoms with Gasteiger partial charge in [0, 0.05) is 30.2 Å². The van der Waals surface area contributed by atoms with Gasteiger partial charge in [0.25, 0.3) is 0 Å². The minimum atomic E-state index is -0.781. The van der Waals surface area contributed by atoms with Gasteiger partial charge in [0.15, 0.2) is 0 Å². The molecule has 0 amide bonds. The Balaban J connectivity index is 1.70. The van der Waals surface area contributed by atoms with Crippen molar-refractivity contribution >= 4 is 5.97 Å². The Bertz CT molecular complexity index is 698. The molecule has 3 rings (SSSR count). The van der Waals surface area contributed by atoms with Gasteiger partial charge in [-0.2, -0.15) is 0 Å². The predicted molar refractivity (Wildman–Crippen MR) is 108 cm³/mol. The zero-order valence-corrected chi connectivity index (χ0v) is 16.6. The molecular weight excluding hydrogens is 356 g/mol. The summed E-state index contributed by atoms with van der Waals surface area (Å²) in [6.07, 6.45) is 8.80. The topological polar surface area (TPSA) is 87.0 Å². The first kappa shape index (κ1) is 20.9. The number of hydrogen-bond acceptors (Lipinski definition) is 4. The molecule has 3 N–H and O–H groups in total. The largest absolute Gasteiger partial charge is 0.489 e. The minimum absolute atomic E-state index is 0.0579. The number of carboxylic acid groups (broad SMARTS) is 1. The van der Waals surface area contributed by atoms with Gasteiger partial charge in [0.1, 0.15) is 11.9 Å². The van der Waals surface area contributed by atoms with Crippen LogP contribution in [0.2, 0.25) is 0 Å². The van der Waals surface area contributed by atoms with Crippen LogP contribution in [0.5, 0.6) is 5.75 Å². The van der Waals surface area contributed by atoms with Crippen molar-refractivity contribution in [3.8, 4) is 5.75 Å². The highest BCUT2D eigenvalue weighted by Gasteiger charge is 2.48. The number of ether oxygens (including phenoxy) is 1. The second kappa shape index (κ2) is 9.57. The molecule has 1 aromatic rings. The van der Waals surface area contributed by atoms with E-state index in [0.717, 1.165) is 42.6 Å². The lowest BCUT2D eigenvalue weighted by molar-refractivity contribution is -0.137. The van der Waals surface area contributed by atoms with Gasteiger partial charge < -0.3 is 20.1 Å². The van der Waals surface area contributed by atoms with E-state index in [1.54, 1.807) is 0 Å². The Morgan fingerprint density at radius 1 is 1.32 bits per heavy atom. The molecule has 5 heteroatoms. The number of unbranched alkanes of at least 4 members (excludes halogenated alkanes) is 2. The van der Waals surface area contributed by atoms with Crippen LogP contribution in [0.15, 0.2) is 30.4 Å². The minimum Gasteiger partial charge on any atom is -0.489 e. The van der Waals surface area contributed by atoms with Crippen LogP contribution in [0.1, 0.15) is 68.9 Å². The van der Waals surface area contributed by atoms with E-state index in [0.29, 0.717) is 19.3 Å². The molecule has 5 atom stereocenters. The molecule has 1 saturated carbocycles. The van der Waals surface area contributed by atoms with Gasteiger partial charge in [-0.25, -0.2) is 0 Å². The van der Waals surface area contributed by atoms with Crippen LogP contribution in [-0.2, 0) is 11.2 Å². The van der Waals surface area contributed by atoms with E-state index < -0.39 is 18.2 Å². The molecule has 154 valence electrons. The third kappa shape index (κ3) is 4.76. The molecule has 2 aliphatic rings. The molecule has 1 fully saturated rings. The molecular formula is C23H32O5. The Kier molecular flexibility index (Phi) is 7.13. The number of para-hydroxylation sites is 1. The van der Waals surface area contributed by atoms with E-state index in [1.165, 1.54) is 0 Å². The molecule has 0 unspecified atom stereocenters. The summed E-state index contributed by atoms with van der Waals surface area (Å²) in [5.41, 5.74) is 2.15. The normalized spacial score (nSPS) is 26.8. The summed E-state index contributed by atoms with van der Waals surface area (Å²) in [6, 6.07) is 6.05. The number of aryl methyl sites for hydroxylation is 1. The van der Waals surface area contributed by atoms with Crippen LogP contribution in [-0.4, -0.2) is 39.6 Å². The van der Waals surface area contributed by atoms with Gasteiger partial charge in [-0.05, 0) is 24.8 Å². The third-order valence-corrected chi connectivity index (χ3v) is 5.98. The monoisotopic (exact) mass is 388 g/mol. The highest BCUT2D eigenvalue weighted by atomic mass is 16.5. The fourth-order valence-electron chi connectivity index (χ4n) is 4.55. The molecule has 1 aliphatic heterocycles. The van der Waals surface area contributed by atoms with E-state index >= 15 is 0 Å². The lowest BCUT2D eigenvalue weighted by atomic mass is 9.86. The zero-order valence-electron chi connectivity index (χ0n) is 16.6. The van der Waals surface area contributed by atoms with Crippen molar-refractivity contribution in [3.05, 3.63) is 41.5 Å². The van der Waals surface area contributed by atoms with Crippen molar-refractivity contribution in [2.24, 2.45) is 5.92 Å². The van der Waals surface area contributed by atoms with Crippen LogP contribution >= 0.6 is 0 Å². The number of carboxylic acids is 1. The second-order valence-electron chi connectivity index (χ2n) is 8.09. The number of aliphatic hydroxyl groups is 2. The molecule has 0 spiro atoms. The van der Waals surface area contributed by atoms with Crippen molar-refractivity contribution in [1.82, 2.24) is 0 Å². The van der Waals surface area contributed by atoms with Gasteiger partial charge in [0.05, 0.1) is 12.2 Å². The summed E-state index contributed by atoms with van der Waals surface area (Å²) in [5.74, 6) is 0.109. The van der Waals surface area contributed by atoms with Crippen LogP contribution < -0.4 is 4.74 Å². The Labute approximate surface area is 167 Å². The van der Waals surface area contributed by atoms with Gasteiger partial charge in [-0.1, -0.05) is 56.5 Å². The summed E-state index contributed by atoms with van der Waals surface area (Å²) in [4.78, 5) is 10.8. The first-order chi connectivity index (χ1) is 13.5. The molecule has 0 aromatic heterocycles. The number of aliphatic hydroxyl groups excluding tert-OH is 2. The second-order valence-corrected chi connectivity index (χ2v) is 8.09. The average molecular weight is 389 g/mol. The van der Waals surface area contributed by atoms with Crippen LogP contribution in [0.4, 0.5) is 0 Å². The molecule has 0 saturated heterocycles. The maximum absolute atomic E-state index is 10.8. The predicted octanol–water partition coefficient (Wildman–Crippen LogP) is 3.82. The maximum atomic E-state index is 10.8. The number of benzene rings is 1. The van der Waals surface area contributed by atoms with Crippen LogP contribution in [0.25, 0.3) is 0 Å². The van der Waals surface area contributed by atoms with Gasteiger partial charge in [-0.15, -0.1) is 0 Å². The summed E-state index contributed by atoms with van der Waals surface area (Å²) in [6.45, 7) is 2.14. The smallest absolute Gasteiger partial charge is 0.303 e. The molecule has 28 heavy (non-hydrogen) atoms. The van der Waals surface area contributed by atoms with Crippen molar-refractivity contribution in [1.29, 1.82) is 0 Å². The van der Waals surface area contributed by atoms with E-state index in [-0.39, 0.29) is 24.4 Å². The van der Waals surface area contributed by atoms with Gasteiger partial charge >= 0.3 is 5.97 Å². The fourth-order valence-corrected chi connectivity index (χ4v) is 4.55. The number of aliphatic carboxylic acids is 1. The summed E-state index contributed by atoms with van der Waals surface area (Å²) >= 11 is 0. The molecule has 0 bridgehead atoms.